The molecule has 4 rings (SSSR count). The van der Waals surface area contributed by atoms with Crippen LogP contribution in [0.1, 0.15) is 23.9 Å². The largest absolute Gasteiger partial charge is 0.375 e. The van der Waals surface area contributed by atoms with Gasteiger partial charge in [-0.25, -0.2) is 4.98 Å². The maximum atomic E-state index is 12.0. The fraction of sp³-hybridized carbons (Fsp3) is 0.318. The highest BCUT2D eigenvalue weighted by Gasteiger charge is 2.36. The molecule has 2 aromatic carbocycles. The number of nitrogens with one attached hydrogen (secondary N) is 2. The third-order valence-electron chi connectivity index (χ3n) is 5.12. The molecule has 3 aromatic rings. The van der Waals surface area contributed by atoms with Crippen molar-refractivity contribution >= 4 is 5.91 Å². The Bertz CT molecular complexity index is 929. The SMILES string of the molecule is COCC(=O)N[C@H]1C[C@@H](c2nc(-c3ccccc3)n[nH]2)N(Cc2ccccc2)C1. The van der Waals surface area contributed by atoms with Gasteiger partial charge in [-0.1, -0.05) is 60.7 Å². The van der Waals surface area contributed by atoms with Gasteiger partial charge >= 0.3 is 0 Å². The molecule has 0 radical (unpaired) electrons. The summed E-state index contributed by atoms with van der Waals surface area (Å²) in [5, 5.41) is 10.6. The predicted molar refractivity (Wildman–Crippen MR) is 110 cm³/mol. The Morgan fingerprint density at radius 1 is 1.17 bits per heavy atom. The topological polar surface area (TPSA) is 83.1 Å². The second kappa shape index (κ2) is 8.98. The summed E-state index contributed by atoms with van der Waals surface area (Å²) in [6.45, 7) is 1.60. The normalized spacial score (nSPS) is 19.3. The van der Waals surface area contributed by atoms with Gasteiger partial charge in [0.25, 0.3) is 0 Å². The quantitative estimate of drug-likeness (QED) is 0.647. The molecule has 29 heavy (non-hydrogen) atoms. The summed E-state index contributed by atoms with van der Waals surface area (Å²) in [5.74, 6) is 1.41. The summed E-state index contributed by atoms with van der Waals surface area (Å²) < 4.78 is 4.95. The van der Waals surface area contributed by atoms with Crippen molar-refractivity contribution < 1.29 is 9.53 Å². The van der Waals surface area contributed by atoms with Crippen LogP contribution in [0, 0.1) is 0 Å². The molecule has 0 unspecified atom stereocenters. The molecule has 0 spiro atoms. The Balaban J connectivity index is 1.54. The minimum Gasteiger partial charge on any atom is -0.375 e. The van der Waals surface area contributed by atoms with Crippen LogP contribution in [-0.2, 0) is 16.1 Å². The van der Waals surface area contributed by atoms with E-state index in [4.69, 9.17) is 9.72 Å². The fourth-order valence-corrected chi connectivity index (χ4v) is 3.83. The van der Waals surface area contributed by atoms with Crippen LogP contribution in [0.25, 0.3) is 11.4 Å². The maximum Gasteiger partial charge on any atom is 0.246 e. The first-order valence-electron chi connectivity index (χ1n) is 9.77. The van der Waals surface area contributed by atoms with E-state index in [1.165, 1.54) is 12.7 Å². The van der Waals surface area contributed by atoms with Crippen molar-refractivity contribution in [3.63, 3.8) is 0 Å². The summed E-state index contributed by atoms with van der Waals surface area (Å²) in [4.78, 5) is 19.1. The summed E-state index contributed by atoms with van der Waals surface area (Å²) in [6, 6.07) is 20.3. The zero-order valence-corrected chi connectivity index (χ0v) is 16.4. The standard InChI is InChI=1S/C22H25N5O2/c1-29-15-20(28)23-18-12-19(27(14-18)13-16-8-4-2-5-9-16)22-24-21(25-26-22)17-10-6-3-7-11-17/h2-11,18-19H,12-15H2,1H3,(H,23,28)(H,24,25,26)/t18-,19-/m0/s1. The van der Waals surface area contributed by atoms with Gasteiger partial charge < -0.3 is 10.1 Å². The van der Waals surface area contributed by atoms with Crippen molar-refractivity contribution in [3.05, 3.63) is 72.1 Å². The van der Waals surface area contributed by atoms with Gasteiger partial charge in [0.15, 0.2) is 5.82 Å². The summed E-state index contributed by atoms with van der Waals surface area (Å²) in [5.41, 5.74) is 2.21. The predicted octanol–water partition coefficient (Wildman–Crippen LogP) is 2.55. The molecule has 1 aliphatic rings. The molecular weight excluding hydrogens is 366 g/mol. The monoisotopic (exact) mass is 391 g/mol. The zero-order chi connectivity index (χ0) is 20.1. The molecule has 1 aliphatic heterocycles. The smallest absolute Gasteiger partial charge is 0.246 e. The number of benzene rings is 2. The molecule has 7 nitrogen and oxygen atoms in total. The number of hydrogen-bond acceptors (Lipinski definition) is 5. The second-order valence-electron chi connectivity index (χ2n) is 7.27. The number of aromatic amines is 1. The minimum atomic E-state index is -0.0969. The van der Waals surface area contributed by atoms with Crippen molar-refractivity contribution in [3.8, 4) is 11.4 Å². The van der Waals surface area contributed by atoms with Gasteiger partial charge in [0, 0.05) is 31.8 Å². The molecule has 1 amide bonds. The lowest BCUT2D eigenvalue weighted by molar-refractivity contribution is -0.125. The van der Waals surface area contributed by atoms with Gasteiger partial charge in [-0.15, -0.1) is 0 Å². The van der Waals surface area contributed by atoms with Crippen molar-refractivity contribution in [2.75, 3.05) is 20.3 Å². The van der Waals surface area contributed by atoms with Gasteiger partial charge in [0.05, 0.1) is 6.04 Å². The van der Waals surface area contributed by atoms with E-state index in [1.54, 1.807) is 0 Å². The number of amides is 1. The van der Waals surface area contributed by atoms with E-state index in [0.717, 1.165) is 30.9 Å². The number of nitrogens with zero attached hydrogens (tertiary/aromatic N) is 3. The average Bonchev–Trinajstić information content (AvgIpc) is 3.37. The van der Waals surface area contributed by atoms with E-state index < -0.39 is 0 Å². The Labute approximate surface area is 170 Å². The van der Waals surface area contributed by atoms with Gasteiger partial charge in [-0.05, 0) is 12.0 Å². The number of carbonyl (C=O) groups excluding carboxylic acids is 1. The molecule has 7 heteroatoms. The van der Waals surface area contributed by atoms with E-state index >= 15 is 0 Å². The number of carbonyl (C=O) groups is 1. The summed E-state index contributed by atoms with van der Waals surface area (Å²) in [7, 11) is 1.53. The Kier molecular flexibility index (Phi) is 5.97. The van der Waals surface area contributed by atoms with Crippen molar-refractivity contribution in [1.29, 1.82) is 0 Å². The summed E-state index contributed by atoms with van der Waals surface area (Å²) >= 11 is 0. The highest BCUT2D eigenvalue weighted by molar-refractivity contribution is 5.77. The van der Waals surface area contributed by atoms with Crippen LogP contribution in [0.5, 0.6) is 0 Å². The van der Waals surface area contributed by atoms with E-state index in [2.05, 4.69) is 32.5 Å². The number of ether oxygens (including phenoxy) is 1. The molecule has 1 aromatic heterocycles. The van der Waals surface area contributed by atoms with Gasteiger partial charge in [0.1, 0.15) is 12.4 Å². The Hall–Kier alpha value is -3.03. The fourth-order valence-electron chi connectivity index (χ4n) is 3.83. The van der Waals surface area contributed by atoms with Gasteiger partial charge in [0.2, 0.25) is 5.91 Å². The van der Waals surface area contributed by atoms with E-state index in [9.17, 15) is 4.79 Å². The van der Waals surface area contributed by atoms with Crippen LogP contribution in [-0.4, -0.2) is 52.3 Å². The number of H-pyrrole nitrogens is 1. The van der Waals surface area contributed by atoms with Crippen LogP contribution in [0.3, 0.4) is 0 Å². The maximum absolute atomic E-state index is 12.0. The highest BCUT2D eigenvalue weighted by Crippen LogP contribution is 2.32. The number of rotatable bonds is 7. The first kappa shape index (κ1) is 19.3. The Morgan fingerprint density at radius 2 is 1.90 bits per heavy atom. The van der Waals surface area contributed by atoms with Gasteiger partial charge in [-0.2, -0.15) is 5.10 Å². The second-order valence-corrected chi connectivity index (χ2v) is 7.27. The number of hydrogen-bond donors (Lipinski definition) is 2. The number of methoxy groups -OCH3 is 1. The van der Waals surface area contributed by atoms with Crippen LogP contribution in [0.15, 0.2) is 60.7 Å². The van der Waals surface area contributed by atoms with Crippen molar-refractivity contribution in [2.24, 2.45) is 0 Å². The molecule has 2 N–H and O–H groups in total. The molecule has 150 valence electrons. The zero-order valence-electron chi connectivity index (χ0n) is 16.4. The van der Waals surface area contributed by atoms with Crippen molar-refractivity contribution in [1.82, 2.24) is 25.4 Å². The first-order valence-corrected chi connectivity index (χ1v) is 9.77. The van der Waals surface area contributed by atoms with Crippen LogP contribution in [0.2, 0.25) is 0 Å². The van der Waals surface area contributed by atoms with Crippen molar-refractivity contribution in [2.45, 2.75) is 25.0 Å². The molecule has 2 atom stereocenters. The molecule has 1 fully saturated rings. The first-order chi connectivity index (χ1) is 14.2. The molecule has 0 saturated carbocycles. The lowest BCUT2D eigenvalue weighted by Gasteiger charge is -2.22. The molecule has 2 heterocycles. The molecule has 0 aliphatic carbocycles. The number of likely N-dealkylation sites (tertiary alicyclic amines) is 1. The highest BCUT2D eigenvalue weighted by atomic mass is 16.5. The van der Waals surface area contributed by atoms with Crippen LogP contribution in [0.4, 0.5) is 0 Å². The van der Waals surface area contributed by atoms with Gasteiger partial charge in [-0.3, -0.25) is 14.8 Å². The third kappa shape index (κ3) is 4.70. The minimum absolute atomic E-state index is 0.0386. The number of aromatic nitrogens is 3. The third-order valence-corrected chi connectivity index (χ3v) is 5.12. The molecule has 0 bridgehead atoms. The average molecular weight is 391 g/mol. The molecular formula is C22H25N5O2. The van der Waals surface area contributed by atoms with Crippen LogP contribution >= 0.6 is 0 Å². The van der Waals surface area contributed by atoms with E-state index in [-0.39, 0.29) is 24.6 Å². The van der Waals surface area contributed by atoms with E-state index in [0.29, 0.717) is 5.82 Å². The Morgan fingerprint density at radius 3 is 2.62 bits per heavy atom. The van der Waals surface area contributed by atoms with Crippen LogP contribution < -0.4 is 5.32 Å². The van der Waals surface area contributed by atoms with E-state index in [1.807, 2.05) is 48.5 Å². The lowest BCUT2D eigenvalue weighted by Crippen LogP contribution is -2.38. The summed E-state index contributed by atoms with van der Waals surface area (Å²) in [6.07, 6.45) is 0.770. The lowest BCUT2D eigenvalue weighted by atomic mass is 10.1. The molecule has 1 saturated heterocycles.